The molecule has 2 aromatic carbocycles. The number of hydrazine groups is 1. The Morgan fingerprint density at radius 2 is 0.823 bits per heavy atom. The summed E-state index contributed by atoms with van der Waals surface area (Å²) < 4.78 is 79.6. The average molecular weight is 1250 g/mol. The second-order valence-corrected chi connectivity index (χ2v) is 33.6. The number of unbranched alkanes of at least 4 members (excludes halogenated alkanes) is 3. The van der Waals surface area contributed by atoms with Crippen molar-refractivity contribution in [2.24, 2.45) is 0 Å². The Balaban J connectivity index is -0.000000949. The first-order valence-corrected chi connectivity index (χ1v) is 38.0. The highest BCUT2D eigenvalue weighted by molar-refractivity contribution is 7.80. The fourth-order valence-electron chi connectivity index (χ4n) is 7.69. The summed E-state index contributed by atoms with van der Waals surface area (Å²) in [6, 6.07) is 25.0. The average Bonchev–Trinajstić information content (AvgIpc) is 3.51. The highest BCUT2D eigenvalue weighted by Gasteiger charge is 2.40. The SMILES string of the molecule is C=CN(Cc1ccccc1)N(CC)CCC[Si](OC)(OC)OC.CCCCCC[Si](OC)(OC)OC.CO[Si](CCCCl)(OC)OC.CO[Si](CCCNCCNCc1ccccc1)(OC)OC.CO[Si](CCCS)(OC)OC. The van der Waals surface area contributed by atoms with Crippen molar-refractivity contribution in [3.8, 4) is 0 Å². The molecule has 2 aromatic rings. The number of rotatable bonds is 44. The van der Waals surface area contributed by atoms with Crippen LogP contribution in [0.5, 0.6) is 0 Å². The molecule has 26 heteroatoms. The molecule has 79 heavy (non-hydrogen) atoms. The van der Waals surface area contributed by atoms with Crippen molar-refractivity contribution >= 4 is 68.3 Å². The number of halogens is 1. The van der Waals surface area contributed by atoms with Gasteiger partial charge in [-0.1, -0.05) is 100 Å². The van der Waals surface area contributed by atoms with Gasteiger partial charge in [-0.3, -0.25) is 0 Å². The number of hydrogen-bond donors (Lipinski definition) is 3. The summed E-state index contributed by atoms with van der Waals surface area (Å²) in [6.45, 7) is 14.7. The molecule has 0 radical (unpaired) electrons. The molecule has 0 saturated heterocycles. The third-order valence-electron chi connectivity index (χ3n) is 12.8. The summed E-state index contributed by atoms with van der Waals surface area (Å²) >= 11 is 9.64. The Labute approximate surface area is 496 Å². The first-order valence-electron chi connectivity index (χ1n) is 27.2. The van der Waals surface area contributed by atoms with Gasteiger partial charge in [0.25, 0.3) is 0 Å². The van der Waals surface area contributed by atoms with E-state index in [1.807, 2.05) is 18.3 Å². The normalized spacial score (nSPS) is 11.8. The zero-order chi connectivity index (χ0) is 60.2. The topological polar surface area (TPSA) is 169 Å². The molecule has 0 atom stereocenters. The minimum Gasteiger partial charge on any atom is -0.377 e. The van der Waals surface area contributed by atoms with Crippen LogP contribution in [0.15, 0.2) is 73.4 Å². The maximum atomic E-state index is 5.53. The third-order valence-corrected chi connectivity index (χ3v) is 27.5. The van der Waals surface area contributed by atoms with Crippen LogP contribution in [0.25, 0.3) is 0 Å². The quantitative estimate of drug-likeness (QED) is 0.0188. The molecule has 0 saturated carbocycles. The highest BCUT2D eigenvalue weighted by Crippen LogP contribution is 2.20. The summed E-state index contributed by atoms with van der Waals surface area (Å²) in [4.78, 5) is 0. The Hall–Kier alpha value is -1.02. The first-order chi connectivity index (χ1) is 38.1. The lowest BCUT2D eigenvalue weighted by Gasteiger charge is -2.34. The van der Waals surface area contributed by atoms with Crippen LogP contribution in [0.3, 0.4) is 0 Å². The molecule has 0 bridgehead atoms. The van der Waals surface area contributed by atoms with Crippen LogP contribution >= 0.6 is 24.2 Å². The molecule has 0 amide bonds. The van der Waals surface area contributed by atoms with Crippen molar-refractivity contribution in [2.75, 3.05) is 151 Å². The van der Waals surface area contributed by atoms with Gasteiger partial charge in [0.1, 0.15) is 0 Å². The lowest BCUT2D eigenvalue weighted by atomic mass is 10.2. The fourth-order valence-corrected chi connectivity index (χ4v) is 17.2. The van der Waals surface area contributed by atoms with E-state index in [9.17, 15) is 0 Å². The molecule has 0 aliphatic heterocycles. The van der Waals surface area contributed by atoms with Gasteiger partial charge in [0.2, 0.25) is 0 Å². The van der Waals surface area contributed by atoms with Crippen LogP contribution < -0.4 is 10.6 Å². The maximum Gasteiger partial charge on any atom is 0.500 e. The molecule has 0 heterocycles. The largest absolute Gasteiger partial charge is 0.500 e. The fraction of sp³-hybridized carbons (Fsp3) is 0.736. The van der Waals surface area contributed by atoms with Crippen LogP contribution in [0.1, 0.15) is 76.3 Å². The predicted molar refractivity (Wildman–Crippen MR) is 336 cm³/mol. The van der Waals surface area contributed by atoms with Gasteiger partial charge in [0.15, 0.2) is 0 Å². The van der Waals surface area contributed by atoms with E-state index in [1.165, 1.54) is 30.4 Å². The Kier molecular flexibility index (Phi) is 55.9. The molecule has 466 valence electrons. The number of nitrogens with zero attached hydrogens (tertiary/aromatic N) is 2. The Morgan fingerprint density at radius 3 is 1.19 bits per heavy atom. The van der Waals surface area contributed by atoms with Crippen molar-refractivity contribution in [1.82, 2.24) is 20.7 Å². The summed E-state index contributed by atoms with van der Waals surface area (Å²) in [5.74, 6) is 1.45. The van der Waals surface area contributed by atoms with Crippen molar-refractivity contribution in [1.29, 1.82) is 0 Å². The first kappa shape index (κ1) is 82.2. The van der Waals surface area contributed by atoms with Gasteiger partial charge in [-0.2, -0.15) is 12.6 Å². The van der Waals surface area contributed by atoms with E-state index in [0.717, 1.165) is 114 Å². The lowest BCUT2D eigenvalue weighted by Crippen LogP contribution is -2.44. The Morgan fingerprint density at radius 1 is 0.456 bits per heavy atom. The minimum atomic E-state index is -2.49. The van der Waals surface area contributed by atoms with E-state index < -0.39 is 44.0 Å². The van der Waals surface area contributed by atoms with Crippen LogP contribution in [0.4, 0.5) is 0 Å². The molecule has 2 rings (SSSR count). The zero-order valence-electron chi connectivity index (χ0n) is 52.0. The van der Waals surface area contributed by atoms with Crippen LogP contribution in [0, 0.1) is 0 Å². The van der Waals surface area contributed by atoms with Crippen LogP contribution in [-0.4, -0.2) is 205 Å². The lowest BCUT2D eigenvalue weighted by molar-refractivity contribution is 0.0180. The van der Waals surface area contributed by atoms with Crippen molar-refractivity contribution < 1.29 is 66.4 Å². The van der Waals surface area contributed by atoms with E-state index in [0.29, 0.717) is 5.88 Å². The molecule has 19 nitrogen and oxygen atoms in total. The molecule has 2 N–H and O–H groups in total. The third kappa shape index (κ3) is 37.1. The van der Waals surface area contributed by atoms with Crippen molar-refractivity contribution in [3.63, 3.8) is 0 Å². The van der Waals surface area contributed by atoms with E-state index in [1.54, 1.807) is 107 Å². The number of benzene rings is 2. The molecule has 0 aliphatic rings. The van der Waals surface area contributed by atoms with Gasteiger partial charge in [0.05, 0.1) is 6.54 Å². The molecule has 0 aliphatic carbocycles. The summed E-state index contributed by atoms with van der Waals surface area (Å²) in [5.41, 5.74) is 2.58. The highest BCUT2D eigenvalue weighted by atomic mass is 35.5. The summed E-state index contributed by atoms with van der Waals surface area (Å²) in [6.07, 6.45) is 10.5. The maximum absolute atomic E-state index is 5.53. The molecule has 0 fully saturated rings. The van der Waals surface area contributed by atoms with E-state index >= 15 is 0 Å². The second-order valence-electron chi connectivity index (χ2n) is 17.3. The van der Waals surface area contributed by atoms with Gasteiger partial charge in [-0.05, 0) is 55.5 Å². The number of nitrogens with one attached hydrogen (secondary N) is 2. The smallest absolute Gasteiger partial charge is 0.377 e. The number of thiol groups is 1. The number of alkyl halides is 1. The van der Waals surface area contributed by atoms with Crippen molar-refractivity contribution in [3.05, 3.63) is 84.6 Å². The molecular formula is C53H111ClN4O15SSi5. The predicted octanol–water partition coefficient (Wildman–Crippen LogP) is 9.89. The van der Waals surface area contributed by atoms with E-state index in [-0.39, 0.29) is 0 Å². The molecule has 0 spiro atoms. The van der Waals surface area contributed by atoms with Gasteiger partial charge in [-0.25, -0.2) is 5.01 Å². The monoisotopic (exact) mass is 1250 g/mol. The molecule has 0 aromatic heterocycles. The summed E-state index contributed by atoms with van der Waals surface area (Å²) in [7, 11) is 12.8. The standard InChI is InChI=1S/C17H30N2O3Si.C15H28N2O3Si.C9H22O3Si.C6H15ClO3Si.C6H16O3SSi/c1-6-18(14-11-15-23(20-3,21-4)22-5)19(7-2)16-17-12-9-8-10-13-17;1-18-21(19-2,20-3)13-7-10-16-11-12-17-14-15-8-5-4-6-9-15;1-5-6-7-8-9-13(10-2,11-3)12-4;1-8-11(9-2,10-3)6-4-5-7;1-7-11(8-2,9-3)6-4-5-10/h7-10,12-13H,2,6,11,14-16H2,1,3-5H3;4-6,8-9,16-17H,7,10-14H2,1-3H3;5-9H2,1-4H3;4-6H2,1-3H3;10H,4-6H2,1-3H3. The van der Waals surface area contributed by atoms with Gasteiger partial charge in [0, 0.05) is 182 Å². The van der Waals surface area contributed by atoms with E-state index in [4.69, 9.17) is 78.0 Å². The Bertz CT molecular complexity index is 1540. The number of hydrogen-bond acceptors (Lipinski definition) is 20. The summed E-state index contributed by atoms with van der Waals surface area (Å²) in [5, 5.41) is 11.3. The van der Waals surface area contributed by atoms with Gasteiger partial charge < -0.3 is 82.0 Å². The second kappa shape index (κ2) is 53.7. The van der Waals surface area contributed by atoms with Gasteiger partial charge >= 0.3 is 44.0 Å². The minimum absolute atomic E-state index is 0.616. The van der Waals surface area contributed by atoms with Crippen LogP contribution in [-0.2, 0) is 79.5 Å². The van der Waals surface area contributed by atoms with E-state index in [2.05, 4.69) is 102 Å². The molecular weight excluding hydrogens is 1140 g/mol. The zero-order valence-corrected chi connectivity index (χ0v) is 58.6. The van der Waals surface area contributed by atoms with Crippen LogP contribution in [0.2, 0.25) is 30.2 Å². The van der Waals surface area contributed by atoms with Gasteiger partial charge in [-0.15, -0.1) is 11.6 Å². The molecule has 0 unspecified atom stereocenters. The van der Waals surface area contributed by atoms with Crippen molar-refractivity contribution in [2.45, 2.75) is 109 Å².